The molecule has 7 nitrogen and oxygen atoms in total. The zero-order chi connectivity index (χ0) is 23.5. The third kappa shape index (κ3) is 4.88. The first-order valence-corrected chi connectivity index (χ1v) is 11.5. The maximum absolute atomic E-state index is 12.5. The highest BCUT2D eigenvalue weighted by Crippen LogP contribution is 2.33. The number of rotatable bonds is 5. The van der Waals surface area contributed by atoms with Crippen LogP contribution in [0.4, 0.5) is 4.79 Å². The van der Waals surface area contributed by atoms with Crippen LogP contribution in [-0.4, -0.2) is 57.2 Å². The summed E-state index contributed by atoms with van der Waals surface area (Å²) in [5.74, 6) is 1.07. The number of hydrogen-bond acceptors (Lipinski definition) is 4. The quantitative estimate of drug-likeness (QED) is 0.427. The normalized spacial score (nSPS) is 14.5. The molecular formula is C26H32N4O3. The highest BCUT2D eigenvalue weighted by Gasteiger charge is 2.29. The molecule has 1 aliphatic rings. The van der Waals surface area contributed by atoms with Crippen LogP contribution in [0.5, 0.6) is 5.75 Å². The minimum absolute atomic E-state index is 0.243. The first-order chi connectivity index (χ1) is 15.9. The average molecular weight is 449 g/mol. The van der Waals surface area contributed by atoms with Crippen LogP contribution in [0.2, 0.25) is 0 Å². The summed E-state index contributed by atoms with van der Waals surface area (Å²) in [6, 6.07) is 18.0. The van der Waals surface area contributed by atoms with Crippen molar-refractivity contribution in [3.8, 4) is 22.7 Å². The van der Waals surface area contributed by atoms with Gasteiger partial charge in [-0.1, -0.05) is 17.7 Å². The fraction of sp³-hybridized carbons (Fsp3) is 0.385. The Bertz CT molecular complexity index is 1080. The molecule has 2 aromatic carbocycles. The van der Waals surface area contributed by atoms with Crippen LogP contribution in [0.25, 0.3) is 16.9 Å². The van der Waals surface area contributed by atoms with Crippen molar-refractivity contribution in [1.29, 1.82) is 0 Å². The van der Waals surface area contributed by atoms with Crippen molar-refractivity contribution < 1.29 is 14.7 Å². The summed E-state index contributed by atoms with van der Waals surface area (Å²) in [5, 5.41) is 15.8. The Morgan fingerprint density at radius 1 is 1.09 bits per heavy atom. The maximum atomic E-state index is 12.5. The van der Waals surface area contributed by atoms with E-state index < -0.39 is 0 Å². The SMILES string of the molecule is COc1ccc(-c2cc(C3CCN(C(=O)N(O)C(C)C)CC3)nn2-c2ccc(C)cc2)cc1. The van der Waals surface area contributed by atoms with Crippen molar-refractivity contribution in [2.45, 2.75) is 45.6 Å². The van der Waals surface area contributed by atoms with Crippen LogP contribution in [0.1, 0.15) is 43.9 Å². The molecule has 2 amide bonds. The number of methoxy groups -OCH3 is 1. The van der Waals surface area contributed by atoms with Gasteiger partial charge in [0.05, 0.1) is 30.2 Å². The van der Waals surface area contributed by atoms with E-state index in [1.165, 1.54) is 5.56 Å². The van der Waals surface area contributed by atoms with Gasteiger partial charge in [0.1, 0.15) is 5.75 Å². The highest BCUT2D eigenvalue weighted by atomic mass is 16.5. The zero-order valence-corrected chi connectivity index (χ0v) is 19.7. The third-order valence-corrected chi connectivity index (χ3v) is 6.26. The number of nitrogens with zero attached hydrogens (tertiary/aromatic N) is 4. The largest absolute Gasteiger partial charge is 0.497 e. The molecule has 1 N–H and O–H groups in total. The molecule has 0 unspecified atom stereocenters. The van der Waals surface area contributed by atoms with E-state index in [4.69, 9.17) is 9.84 Å². The third-order valence-electron chi connectivity index (χ3n) is 6.26. The highest BCUT2D eigenvalue weighted by molar-refractivity contribution is 5.73. The van der Waals surface area contributed by atoms with Gasteiger partial charge in [0.25, 0.3) is 0 Å². The summed E-state index contributed by atoms with van der Waals surface area (Å²) in [4.78, 5) is 14.2. The number of hydroxylamine groups is 2. The van der Waals surface area contributed by atoms with E-state index in [1.807, 2.05) is 28.9 Å². The molecule has 0 atom stereocenters. The van der Waals surface area contributed by atoms with Crippen LogP contribution in [0.3, 0.4) is 0 Å². The van der Waals surface area contributed by atoms with Crippen molar-refractivity contribution in [1.82, 2.24) is 19.7 Å². The first-order valence-electron chi connectivity index (χ1n) is 11.5. The monoisotopic (exact) mass is 448 g/mol. The minimum Gasteiger partial charge on any atom is -0.497 e. The Morgan fingerprint density at radius 2 is 1.73 bits per heavy atom. The van der Waals surface area contributed by atoms with Gasteiger partial charge in [-0.2, -0.15) is 5.10 Å². The molecule has 0 radical (unpaired) electrons. The fourth-order valence-electron chi connectivity index (χ4n) is 4.18. The van der Waals surface area contributed by atoms with E-state index in [1.54, 1.807) is 25.9 Å². The summed E-state index contributed by atoms with van der Waals surface area (Å²) in [5.41, 5.74) is 5.33. The van der Waals surface area contributed by atoms with E-state index in [9.17, 15) is 10.0 Å². The second-order valence-corrected chi connectivity index (χ2v) is 8.91. The standard InChI is InChI=1S/C26H32N4O3/c1-18(2)30(32)26(31)28-15-13-20(14-16-28)24-17-25(21-7-11-23(33-4)12-8-21)29(27-24)22-9-5-19(3)6-10-22/h5-12,17-18,20,32H,13-16H2,1-4H3. The molecule has 0 spiro atoms. The summed E-state index contributed by atoms with van der Waals surface area (Å²) < 4.78 is 7.32. The van der Waals surface area contributed by atoms with Crippen LogP contribution < -0.4 is 4.74 Å². The number of aryl methyl sites for hydroxylation is 1. The summed E-state index contributed by atoms with van der Waals surface area (Å²) in [7, 11) is 1.66. The number of carbonyl (C=O) groups excluding carboxylic acids is 1. The Kier molecular flexibility index (Phi) is 6.70. The summed E-state index contributed by atoms with van der Waals surface area (Å²) in [6.07, 6.45) is 1.62. The Hall–Kier alpha value is -3.32. The molecule has 1 fully saturated rings. The molecule has 174 valence electrons. The lowest BCUT2D eigenvalue weighted by Crippen LogP contribution is -2.47. The lowest BCUT2D eigenvalue weighted by atomic mass is 9.93. The molecule has 3 aromatic rings. The lowest BCUT2D eigenvalue weighted by Gasteiger charge is -2.34. The molecule has 4 rings (SSSR count). The lowest BCUT2D eigenvalue weighted by molar-refractivity contribution is -0.0814. The van der Waals surface area contributed by atoms with Crippen molar-refractivity contribution in [2.75, 3.05) is 20.2 Å². The first kappa shape index (κ1) is 22.9. The number of hydrogen-bond donors (Lipinski definition) is 1. The Balaban J connectivity index is 1.60. The van der Waals surface area contributed by atoms with Crippen LogP contribution >= 0.6 is 0 Å². The number of piperidine rings is 1. The predicted octanol–water partition coefficient (Wildman–Crippen LogP) is 5.26. The number of amides is 2. The minimum atomic E-state index is -0.326. The van der Waals surface area contributed by atoms with Gasteiger partial charge in [0, 0.05) is 24.6 Å². The molecule has 1 saturated heterocycles. The molecule has 0 bridgehead atoms. The van der Waals surface area contributed by atoms with E-state index >= 15 is 0 Å². The van der Waals surface area contributed by atoms with Gasteiger partial charge in [-0.05, 0) is 76.1 Å². The average Bonchev–Trinajstić information content (AvgIpc) is 3.29. The van der Waals surface area contributed by atoms with Crippen molar-refractivity contribution >= 4 is 6.03 Å². The van der Waals surface area contributed by atoms with Crippen LogP contribution in [0, 0.1) is 6.92 Å². The Morgan fingerprint density at radius 3 is 2.30 bits per heavy atom. The molecule has 0 saturated carbocycles. The van der Waals surface area contributed by atoms with Crippen molar-refractivity contribution in [2.24, 2.45) is 0 Å². The van der Waals surface area contributed by atoms with Crippen molar-refractivity contribution in [3.05, 3.63) is 65.9 Å². The molecular weight excluding hydrogens is 416 g/mol. The Labute approximate surface area is 195 Å². The van der Waals surface area contributed by atoms with E-state index in [0.29, 0.717) is 13.1 Å². The van der Waals surface area contributed by atoms with Gasteiger partial charge in [-0.15, -0.1) is 0 Å². The fourth-order valence-corrected chi connectivity index (χ4v) is 4.18. The number of likely N-dealkylation sites (tertiary alicyclic amines) is 1. The number of carbonyl (C=O) groups is 1. The van der Waals surface area contributed by atoms with E-state index in [-0.39, 0.29) is 18.0 Å². The second kappa shape index (κ2) is 9.67. The van der Waals surface area contributed by atoms with Crippen molar-refractivity contribution in [3.63, 3.8) is 0 Å². The van der Waals surface area contributed by atoms with Crippen LogP contribution in [-0.2, 0) is 0 Å². The molecule has 1 aliphatic heterocycles. The molecule has 33 heavy (non-hydrogen) atoms. The van der Waals surface area contributed by atoms with Gasteiger partial charge in [-0.3, -0.25) is 5.21 Å². The molecule has 7 heteroatoms. The number of ether oxygens (including phenoxy) is 1. The van der Waals surface area contributed by atoms with E-state index in [0.717, 1.165) is 46.3 Å². The molecule has 1 aromatic heterocycles. The van der Waals surface area contributed by atoms with Gasteiger partial charge in [0.2, 0.25) is 0 Å². The van der Waals surface area contributed by atoms with Gasteiger partial charge >= 0.3 is 6.03 Å². The maximum Gasteiger partial charge on any atom is 0.343 e. The summed E-state index contributed by atoms with van der Waals surface area (Å²) in [6.45, 7) is 6.86. The molecule has 0 aliphatic carbocycles. The predicted molar refractivity (Wildman–Crippen MR) is 128 cm³/mol. The number of aromatic nitrogens is 2. The van der Waals surface area contributed by atoms with E-state index in [2.05, 4.69) is 37.3 Å². The summed E-state index contributed by atoms with van der Waals surface area (Å²) >= 11 is 0. The van der Waals surface area contributed by atoms with Crippen LogP contribution in [0.15, 0.2) is 54.6 Å². The second-order valence-electron chi connectivity index (χ2n) is 8.91. The zero-order valence-electron chi connectivity index (χ0n) is 19.7. The number of benzene rings is 2. The smallest absolute Gasteiger partial charge is 0.343 e. The number of urea groups is 1. The topological polar surface area (TPSA) is 70.8 Å². The van der Waals surface area contributed by atoms with Gasteiger partial charge in [0.15, 0.2) is 0 Å². The molecule has 2 heterocycles. The van der Waals surface area contributed by atoms with Gasteiger partial charge in [-0.25, -0.2) is 14.5 Å². The van der Waals surface area contributed by atoms with Gasteiger partial charge < -0.3 is 9.64 Å².